The standard InChI is InChI=1S/C35H36N2O6S/c1-6-8-19-42-33(39)26-15-11-24(12-16-26)28-18-17-27(43-28)20-29-32(38)37-31(25-13-9-23(10-14-25)21(3)4)30(34(40)41-7-2)22(5)36-35(37)44-29/h9-18,20-21,31H,6-8,19H2,1-5H3/b29-20-/t31-/m1/s1. The summed E-state index contributed by atoms with van der Waals surface area (Å²) in [6.45, 7) is 10.4. The minimum absolute atomic E-state index is 0.214. The maximum atomic E-state index is 13.9. The van der Waals surface area contributed by atoms with E-state index in [4.69, 9.17) is 13.9 Å². The van der Waals surface area contributed by atoms with Gasteiger partial charge in [0.1, 0.15) is 11.5 Å². The second-order valence-electron chi connectivity index (χ2n) is 10.9. The fourth-order valence-corrected chi connectivity index (χ4v) is 6.07. The van der Waals surface area contributed by atoms with Crippen molar-refractivity contribution in [3.05, 3.63) is 114 Å². The van der Waals surface area contributed by atoms with Crippen LogP contribution < -0.4 is 14.9 Å². The Balaban J connectivity index is 1.49. The van der Waals surface area contributed by atoms with Gasteiger partial charge in [0.25, 0.3) is 5.56 Å². The second-order valence-corrected chi connectivity index (χ2v) is 11.9. The van der Waals surface area contributed by atoms with Gasteiger partial charge in [-0.3, -0.25) is 9.36 Å². The molecule has 1 aliphatic heterocycles. The third-order valence-electron chi connectivity index (χ3n) is 7.47. The van der Waals surface area contributed by atoms with Gasteiger partial charge in [0.05, 0.1) is 40.6 Å². The number of carbonyl (C=O) groups is 2. The van der Waals surface area contributed by atoms with E-state index in [0.29, 0.717) is 50.2 Å². The Kier molecular flexibility index (Phi) is 9.44. The van der Waals surface area contributed by atoms with Crippen LogP contribution in [0.5, 0.6) is 0 Å². The van der Waals surface area contributed by atoms with Crippen molar-refractivity contribution in [2.45, 2.75) is 59.4 Å². The number of benzene rings is 2. The van der Waals surface area contributed by atoms with E-state index in [1.54, 1.807) is 54.8 Å². The fraction of sp³-hybridized carbons (Fsp3) is 0.314. The molecule has 0 amide bonds. The van der Waals surface area contributed by atoms with E-state index in [2.05, 4.69) is 18.8 Å². The van der Waals surface area contributed by atoms with Crippen LogP contribution in [0.15, 0.2) is 86.1 Å². The molecule has 8 nitrogen and oxygen atoms in total. The van der Waals surface area contributed by atoms with Crippen molar-refractivity contribution >= 4 is 29.4 Å². The topological polar surface area (TPSA) is 100 Å². The highest BCUT2D eigenvalue weighted by Gasteiger charge is 2.33. The van der Waals surface area contributed by atoms with Crippen molar-refractivity contribution in [2.75, 3.05) is 13.2 Å². The minimum atomic E-state index is -0.673. The average molecular weight is 613 g/mol. The molecule has 0 spiro atoms. The van der Waals surface area contributed by atoms with Crippen LogP contribution in [0.25, 0.3) is 17.4 Å². The number of rotatable bonds is 10. The smallest absolute Gasteiger partial charge is 0.338 e. The van der Waals surface area contributed by atoms with Crippen molar-refractivity contribution in [1.29, 1.82) is 0 Å². The van der Waals surface area contributed by atoms with E-state index in [1.807, 2.05) is 37.3 Å². The summed E-state index contributed by atoms with van der Waals surface area (Å²) in [4.78, 5) is 44.4. The Morgan fingerprint density at radius 1 is 1.00 bits per heavy atom. The number of aromatic nitrogens is 1. The number of hydrogen-bond acceptors (Lipinski definition) is 8. The van der Waals surface area contributed by atoms with Crippen molar-refractivity contribution < 1.29 is 23.5 Å². The molecule has 0 fully saturated rings. The Labute approximate surface area is 260 Å². The molecule has 1 aliphatic rings. The van der Waals surface area contributed by atoms with Gasteiger partial charge in [-0.05, 0) is 61.6 Å². The lowest BCUT2D eigenvalue weighted by molar-refractivity contribution is -0.139. The Hall–Kier alpha value is -4.50. The van der Waals surface area contributed by atoms with Gasteiger partial charge in [0, 0.05) is 11.6 Å². The van der Waals surface area contributed by atoms with E-state index < -0.39 is 12.0 Å². The molecule has 2 aromatic heterocycles. The lowest BCUT2D eigenvalue weighted by atomic mass is 9.93. The van der Waals surface area contributed by atoms with E-state index in [0.717, 1.165) is 29.5 Å². The number of hydrogen-bond donors (Lipinski definition) is 0. The van der Waals surface area contributed by atoms with E-state index in [9.17, 15) is 14.4 Å². The number of esters is 2. The summed E-state index contributed by atoms with van der Waals surface area (Å²) in [7, 11) is 0. The average Bonchev–Trinajstić information content (AvgIpc) is 3.60. The number of thiazole rings is 1. The fourth-order valence-electron chi connectivity index (χ4n) is 5.05. The molecule has 1 atom stereocenters. The van der Waals surface area contributed by atoms with Gasteiger partial charge in [-0.25, -0.2) is 14.6 Å². The SMILES string of the molecule is CCCCOC(=O)c1ccc(-c2ccc(/C=c3\sc4n(c3=O)[C@H](c3ccc(C(C)C)cc3)C(C(=O)OCC)=C(C)N=4)o2)cc1. The molecule has 4 aromatic rings. The number of furan rings is 1. The van der Waals surface area contributed by atoms with E-state index in [-0.39, 0.29) is 18.1 Å². The zero-order valence-corrected chi connectivity index (χ0v) is 26.4. The van der Waals surface area contributed by atoms with Crippen molar-refractivity contribution in [3.8, 4) is 11.3 Å². The number of unbranched alkanes of at least 4 members (excludes halogenated alkanes) is 1. The third kappa shape index (κ3) is 6.38. The first-order chi connectivity index (χ1) is 21.2. The first-order valence-corrected chi connectivity index (χ1v) is 15.7. The van der Waals surface area contributed by atoms with Gasteiger partial charge in [0.15, 0.2) is 4.80 Å². The molecule has 0 aliphatic carbocycles. The van der Waals surface area contributed by atoms with Crippen LogP contribution in [0.3, 0.4) is 0 Å². The Morgan fingerprint density at radius 3 is 2.39 bits per heavy atom. The van der Waals surface area contributed by atoms with E-state index in [1.165, 1.54) is 11.3 Å². The van der Waals surface area contributed by atoms with Gasteiger partial charge in [0.2, 0.25) is 0 Å². The van der Waals surface area contributed by atoms with Crippen LogP contribution in [0.4, 0.5) is 0 Å². The zero-order valence-electron chi connectivity index (χ0n) is 25.6. The highest BCUT2D eigenvalue weighted by Crippen LogP contribution is 2.31. The summed E-state index contributed by atoms with van der Waals surface area (Å²) in [6, 6.07) is 17.9. The van der Waals surface area contributed by atoms with Crippen LogP contribution in [0.2, 0.25) is 0 Å². The molecule has 0 bridgehead atoms. The Morgan fingerprint density at radius 2 is 1.73 bits per heavy atom. The van der Waals surface area contributed by atoms with Gasteiger partial charge < -0.3 is 13.9 Å². The van der Waals surface area contributed by atoms with Crippen molar-refractivity contribution in [1.82, 2.24) is 4.57 Å². The summed E-state index contributed by atoms with van der Waals surface area (Å²) in [5.41, 5.74) is 3.82. The predicted molar refractivity (Wildman–Crippen MR) is 170 cm³/mol. The molecule has 0 N–H and O–H groups in total. The number of carbonyl (C=O) groups excluding carboxylic acids is 2. The van der Waals surface area contributed by atoms with Gasteiger partial charge in [-0.2, -0.15) is 0 Å². The molecule has 3 heterocycles. The maximum Gasteiger partial charge on any atom is 0.338 e. The first-order valence-electron chi connectivity index (χ1n) is 14.9. The minimum Gasteiger partial charge on any atom is -0.463 e. The number of ether oxygens (including phenoxy) is 2. The van der Waals surface area contributed by atoms with Crippen LogP contribution in [-0.2, 0) is 14.3 Å². The number of nitrogens with zero attached hydrogens (tertiary/aromatic N) is 2. The number of fused-ring (bicyclic) bond motifs is 1. The van der Waals surface area contributed by atoms with E-state index >= 15 is 0 Å². The summed E-state index contributed by atoms with van der Waals surface area (Å²) >= 11 is 1.24. The quantitative estimate of drug-likeness (QED) is 0.158. The molecule has 5 rings (SSSR count). The zero-order chi connectivity index (χ0) is 31.4. The van der Waals surface area contributed by atoms with Crippen molar-refractivity contribution in [2.24, 2.45) is 4.99 Å². The third-order valence-corrected chi connectivity index (χ3v) is 8.46. The molecule has 0 saturated carbocycles. The summed E-state index contributed by atoms with van der Waals surface area (Å²) in [5.74, 6) is 0.593. The lowest BCUT2D eigenvalue weighted by Crippen LogP contribution is -2.39. The van der Waals surface area contributed by atoms with Crippen LogP contribution in [-0.4, -0.2) is 29.7 Å². The molecule has 0 unspecified atom stereocenters. The van der Waals surface area contributed by atoms with Crippen LogP contribution in [0, 0.1) is 0 Å². The van der Waals surface area contributed by atoms with Gasteiger partial charge >= 0.3 is 11.9 Å². The Bertz CT molecular complexity index is 1870. The largest absolute Gasteiger partial charge is 0.463 e. The molecular formula is C35H36N2O6S. The number of allylic oxidation sites excluding steroid dienone is 1. The van der Waals surface area contributed by atoms with Crippen LogP contribution in [0.1, 0.15) is 86.7 Å². The first kappa shape index (κ1) is 30.9. The predicted octanol–water partition coefficient (Wildman–Crippen LogP) is 6.14. The van der Waals surface area contributed by atoms with Crippen molar-refractivity contribution in [3.63, 3.8) is 0 Å². The molecular weight excluding hydrogens is 576 g/mol. The highest BCUT2D eigenvalue weighted by atomic mass is 32.1. The monoisotopic (exact) mass is 612 g/mol. The summed E-state index contributed by atoms with van der Waals surface area (Å²) in [5, 5.41) is 0. The summed E-state index contributed by atoms with van der Waals surface area (Å²) < 4.78 is 18.7. The molecule has 228 valence electrons. The maximum absolute atomic E-state index is 13.9. The normalized spacial score (nSPS) is 14.9. The molecule has 44 heavy (non-hydrogen) atoms. The molecule has 0 radical (unpaired) electrons. The van der Waals surface area contributed by atoms with Crippen LogP contribution >= 0.6 is 11.3 Å². The molecule has 2 aromatic carbocycles. The van der Waals surface area contributed by atoms with Gasteiger partial charge in [-0.15, -0.1) is 0 Å². The summed E-state index contributed by atoms with van der Waals surface area (Å²) in [6.07, 6.45) is 3.47. The lowest BCUT2D eigenvalue weighted by Gasteiger charge is -2.25. The molecule has 9 heteroatoms. The second kappa shape index (κ2) is 13.4. The highest BCUT2D eigenvalue weighted by molar-refractivity contribution is 7.07. The molecule has 0 saturated heterocycles. The van der Waals surface area contributed by atoms with Gasteiger partial charge in [-0.1, -0.05) is 74.9 Å².